The molecular weight excluding hydrogens is 322 g/mol. The van der Waals surface area contributed by atoms with E-state index in [-0.39, 0.29) is 11.6 Å². The highest BCUT2D eigenvalue weighted by Crippen LogP contribution is 2.17. The average Bonchev–Trinajstić information content (AvgIpc) is 3.24. The van der Waals surface area contributed by atoms with Crippen molar-refractivity contribution in [2.24, 2.45) is 0 Å². The van der Waals surface area contributed by atoms with Crippen LogP contribution in [-0.4, -0.2) is 28.3 Å². The Labute approximate surface area is 144 Å². The lowest BCUT2D eigenvalue weighted by Crippen LogP contribution is -2.12. The van der Waals surface area contributed by atoms with E-state index in [1.54, 1.807) is 55.1 Å². The van der Waals surface area contributed by atoms with Crippen LogP contribution in [0.25, 0.3) is 5.69 Å². The molecule has 1 amide bonds. The van der Waals surface area contributed by atoms with Gasteiger partial charge < -0.3 is 14.5 Å². The molecule has 7 heteroatoms. The summed E-state index contributed by atoms with van der Waals surface area (Å²) in [7, 11) is 0. The van der Waals surface area contributed by atoms with Gasteiger partial charge in [0.1, 0.15) is 5.76 Å². The maximum Gasteiger partial charge on any atom is 0.358 e. The van der Waals surface area contributed by atoms with Gasteiger partial charge in [0.2, 0.25) is 0 Å². The Morgan fingerprint density at radius 3 is 2.84 bits per heavy atom. The van der Waals surface area contributed by atoms with Gasteiger partial charge >= 0.3 is 5.97 Å². The van der Waals surface area contributed by atoms with Crippen molar-refractivity contribution in [1.82, 2.24) is 9.78 Å². The topological polar surface area (TPSA) is 86.4 Å². The summed E-state index contributed by atoms with van der Waals surface area (Å²) >= 11 is 0. The summed E-state index contributed by atoms with van der Waals surface area (Å²) < 4.78 is 11.6. The molecule has 25 heavy (non-hydrogen) atoms. The number of carbonyl (C=O) groups excluding carboxylic acids is 2. The Balaban J connectivity index is 1.79. The van der Waals surface area contributed by atoms with E-state index in [9.17, 15) is 9.59 Å². The number of ether oxygens (including phenoxy) is 1. The Morgan fingerprint density at radius 2 is 2.12 bits per heavy atom. The second kappa shape index (κ2) is 7.04. The van der Waals surface area contributed by atoms with Crippen LogP contribution in [0.4, 0.5) is 5.69 Å². The fraction of sp³-hybridized carbons (Fsp3) is 0.167. The number of anilines is 1. The number of furan rings is 1. The Bertz CT molecular complexity index is 910. The molecule has 1 aromatic carbocycles. The number of nitrogens with zero attached hydrogens (tertiary/aromatic N) is 2. The molecule has 0 unspecified atom stereocenters. The molecule has 7 nitrogen and oxygen atoms in total. The summed E-state index contributed by atoms with van der Waals surface area (Å²) in [5, 5.41) is 7.01. The standard InChI is InChI=1S/C18H17N3O4/c1-3-24-18(23)16-7-9-21(20-16)14-6-4-5-13(11-14)19-17(22)15-8-10-25-12(15)2/h4-11H,3H2,1-2H3,(H,19,22). The molecule has 0 saturated heterocycles. The highest BCUT2D eigenvalue weighted by Gasteiger charge is 2.13. The van der Waals surface area contributed by atoms with E-state index in [0.717, 1.165) is 0 Å². The van der Waals surface area contributed by atoms with Crippen molar-refractivity contribution in [1.29, 1.82) is 0 Å². The number of benzene rings is 1. The molecule has 3 aromatic rings. The molecule has 2 aromatic heterocycles. The summed E-state index contributed by atoms with van der Waals surface area (Å²) in [5.74, 6) is -0.169. The quantitative estimate of drug-likeness (QED) is 0.721. The van der Waals surface area contributed by atoms with Crippen molar-refractivity contribution >= 4 is 17.6 Å². The highest BCUT2D eigenvalue weighted by atomic mass is 16.5. The molecule has 1 N–H and O–H groups in total. The number of aryl methyl sites for hydroxylation is 1. The number of esters is 1. The van der Waals surface area contributed by atoms with Crippen LogP contribution in [0.5, 0.6) is 0 Å². The van der Waals surface area contributed by atoms with Crippen molar-refractivity contribution in [2.45, 2.75) is 13.8 Å². The van der Waals surface area contributed by atoms with E-state index in [1.807, 2.05) is 6.07 Å². The van der Waals surface area contributed by atoms with Gasteiger partial charge in [-0.2, -0.15) is 5.10 Å². The smallest absolute Gasteiger partial charge is 0.358 e. The maximum atomic E-state index is 12.3. The zero-order valence-corrected chi connectivity index (χ0v) is 13.9. The van der Waals surface area contributed by atoms with E-state index in [4.69, 9.17) is 9.15 Å². The molecule has 0 aliphatic carbocycles. The monoisotopic (exact) mass is 339 g/mol. The van der Waals surface area contributed by atoms with Crippen LogP contribution < -0.4 is 5.32 Å². The molecule has 0 atom stereocenters. The van der Waals surface area contributed by atoms with Gasteiger partial charge in [-0.25, -0.2) is 9.48 Å². The van der Waals surface area contributed by atoms with Crippen molar-refractivity contribution < 1.29 is 18.7 Å². The molecule has 128 valence electrons. The van der Waals surface area contributed by atoms with Gasteiger partial charge in [0.25, 0.3) is 5.91 Å². The normalized spacial score (nSPS) is 10.5. The van der Waals surface area contributed by atoms with Crippen molar-refractivity contribution in [2.75, 3.05) is 11.9 Å². The summed E-state index contributed by atoms with van der Waals surface area (Å²) in [6.07, 6.45) is 3.13. The largest absolute Gasteiger partial charge is 0.469 e. The zero-order chi connectivity index (χ0) is 17.8. The number of aromatic nitrogens is 2. The van der Waals surface area contributed by atoms with Crippen molar-refractivity contribution in [3.8, 4) is 5.69 Å². The first-order chi connectivity index (χ1) is 12.1. The van der Waals surface area contributed by atoms with Crippen LogP contribution >= 0.6 is 0 Å². The molecule has 0 saturated carbocycles. The molecular formula is C18H17N3O4. The van der Waals surface area contributed by atoms with Gasteiger partial charge in [-0.1, -0.05) is 6.07 Å². The molecule has 0 fully saturated rings. The molecule has 0 spiro atoms. The SMILES string of the molecule is CCOC(=O)c1ccn(-c2cccc(NC(=O)c3ccoc3C)c2)n1. The van der Waals surface area contributed by atoms with Crippen LogP contribution in [0.3, 0.4) is 0 Å². The Kier molecular flexibility index (Phi) is 4.65. The second-order valence-electron chi connectivity index (χ2n) is 5.26. The number of carbonyl (C=O) groups is 2. The minimum Gasteiger partial charge on any atom is -0.469 e. The van der Waals surface area contributed by atoms with Gasteiger partial charge in [0.15, 0.2) is 5.69 Å². The van der Waals surface area contributed by atoms with Crippen LogP contribution in [0, 0.1) is 6.92 Å². The molecule has 3 rings (SSSR count). The second-order valence-corrected chi connectivity index (χ2v) is 5.26. The predicted molar refractivity (Wildman–Crippen MR) is 90.9 cm³/mol. The lowest BCUT2D eigenvalue weighted by molar-refractivity contribution is 0.0519. The van der Waals surface area contributed by atoms with E-state index in [1.165, 1.54) is 6.26 Å². The summed E-state index contributed by atoms with van der Waals surface area (Å²) in [6, 6.07) is 10.3. The minimum atomic E-state index is -0.471. The number of amides is 1. The van der Waals surface area contributed by atoms with Crippen molar-refractivity contribution in [3.63, 3.8) is 0 Å². The van der Waals surface area contributed by atoms with Crippen LogP contribution in [0.15, 0.2) is 53.3 Å². The molecule has 2 heterocycles. The fourth-order valence-corrected chi connectivity index (χ4v) is 2.33. The third kappa shape index (κ3) is 3.60. The Hall–Kier alpha value is -3.35. The predicted octanol–water partition coefficient (Wildman–Crippen LogP) is 3.20. The lowest BCUT2D eigenvalue weighted by atomic mass is 10.2. The lowest BCUT2D eigenvalue weighted by Gasteiger charge is -2.07. The van der Waals surface area contributed by atoms with Gasteiger partial charge in [-0.15, -0.1) is 0 Å². The molecule has 0 aliphatic rings. The van der Waals surface area contributed by atoms with E-state index < -0.39 is 5.97 Å². The van der Waals surface area contributed by atoms with Crippen molar-refractivity contribution in [3.05, 3.63) is 65.9 Å². The summed E-state index contributed by atoms with van der Waals surface area (Å²) in [6.45, 7) is 3.76. The number of hydrogen-bond acceptors (Lipinski definition) is 5. The van der Waals surface area contributed by atoms with Gasteiger partial charge in [-0.05, 0) is 44.2 Å². The fourth-order valence-electron chi connectivity index (χ4n) is 2.33. The Morgan fingerprint density at radius 1 is 1.28 bits per heavy atom. The van der Waals surface area contributed by atoms with E-state index >= 15 is 0 Å². The van der Waals surface area contributed by atoms with Gasteiger partial charge in [0, 0.05) is 11.9 Å². The number of hydrogen-bond donors (Lipinski definition) is 1. The highest BCUT2D eigenvalue weighted by molar-refractivity contribution is 6.05. The van der Waals surface area contributed by atoms with E-state index in [0.29, 0.717) is 29.3 Å². The molecule has 0 radical (unpaired) electrons. The zero-order valence-electron chi connectivity index (χ0n) is 13.9. The van der Waals surface area contributed by atoms with Crippen LogP contribution in [0.1, 0.15) is 33.5 Å². The third-order valence-electron chi connectivity index (χ3n) is 3.55. The van der Waals surface area contributed by atoms with Crippen LogP contribution in [-0.2, 0) is 4.74 Å². The van der Waals surface area contributed by atoms with Gasteiger partial charge in [0.05, 0.1) is 24.1 Å². The molecule has 0 bridgehead atoms. The third-order valence-corrected chi connectivity index (χ3v) is 3.55. The minimum absolute atomic E-state index is 0.227. The molecule has 0 aliphatic heterocycles. The summed E-state index contributed by atoms with van der Waals surface area (Å²) in [4.78, 5) is 24.0. The first-order valence-electron chi connectivity index (χ1n) is 7.77. The van der Waals surface area contributed by atoms with E-state index in [2.05, 4.69) is 10.4 Å². The van der Waals surface area contributed by atoms with Crippen LogP contribution in [0.2, 0.25) is 0 Å². The first kappa shape index (κ1) is 16.5. The number of nitrogens with one attached hydrogen (secondary N) is 1. The number of rotatable bonds is 5. The average molecular weight is 339 g/mol. The first-order valence-corrected chi connectivity index (χ1v) is 7.77. The maximum absolute atomic E-state index is 12.3. The van der Waals surface area contributed by atoms with Gasteiger partial charge in [-0.3, -0.25) is 4.79 Å². The summed E-state index contributed by atoms with van der Waals surface area (Å²) in [5.41, 5.74) is 2.02.